The topological polar surface area (TPSA) is 18.5 Å². The van der Waals surface area contributed by atoms with Crippen molar-refractivity contribution in [1.82, 2.24) is 0 Å². The lowest BCUT2D eigenvalue weighted by Gasteiger charge is -2.39. The molecule has 0 aromatic heterocycles. The minimum Gasteiger partial charge on any atom is -0.358 e. The molecule has 2 atom stereocenters. The highest BCUT2D eigenvalue weighted by atomic mass is 16.7. The molecular weight excluding hydrogens is 211 g/mol. The van der Waals surface area contributed by atoms with E-state index >= 15 is 0 Å². The smallest absolute Gasteiger partial charge is 0.174 e. The number of hydrogen-bond acceptors (Lipinski definition) is 2. The van der Waals surface area contributed by atoms with Gasteiger partial charge in [0.25, 0.3) is 0 Å². The van der Waals surface area contributed by atoms with Gasteiger partial charge in [0, 0.05) is 0 Å². The lowest BCUT2D eigenvalue weighted by atomic mass is 9.83. The van der Waals surface area contributed by atoms with Gasteiger partial charge in [0.2, 0.25) is 0 Å². The van der Waals surface area contributed by atoms with Gasteiger partial charge in [-0.15, -0.1) is 0 Å². The highest BCUT2D eigenvalue weighted by molar-refractivity contribution is 6.10. The van der Waals surface area contributed by atoms with Gasteiger partial charge >= 0.3 is 0 Å². The van der Waals surface area contributed by atoms with Crippen molar-refractivity contribution in [2.45, 2.75) is 79.2 Å². The molecule has 100 valence electrons. The van der Waals surface area contributed by atoms with Gasteiger partial charge in [-0.25, -0.2) is 0 Å². The normalized spacial score (nSPS) is 31.5. The minimum absolute atomic E-state index is 0.0524. The highest BCUT2D eigenvalue weighted by Gasteiger charge is 2.32. The molecule has 1 heterocycles. The van der Waals surface area contributed by atoms with Crippen LogP contribution in [-0.2, 0) is 9.47 Å². The molecule has 0 radical (unpaired) electrons. The van der Waals surface area contributed by atoms with Crippen LogP contribution in [0.4, 0.5) is 0 Å². The molecule has 0 saturated carbocycles. The summed E-state index contributed by atoms with van der Waals surface area (Å²) in [4.78, 5) is 0. The third-order valence-electron chi connectivity index (χ3n) is 2.97. The largest absolute Gasteiger partial charge is 0.358 e. The second-order valence-electron chi connectivity index (χ2n) is 7.85. The zero-order valence-electron chi connectivity index (χ0n) is 12.7. The zero-order chi connectivity index (χ0) is 13.3. The molecule has 0 spiro atoms. The lowest BCUT2D eigenvalue weighted by molar-refractivity contribution is -0.213. The van der Waals surface area contributed by atoms with Gasteiger partial charge in [0.15, 0.2) is 7.85 Å². The zero-order valence-corrected chi connectivity index (χ0v) is 12.7. The molecule has 1 aliphatic heterocycles. The van der Waals surface area contributed by atoms with Crippen molar-refractivity contribution in [2.75, 3.05) is 0 Å². The summed E-state index contributed by atoms with van der Waals surface area (Å²) in [5.74, 6) is 0. The SMILES string of the molecule is BC1OC(CC(C)(C)C)CC(CC(C)(C)C)O1. The van der Waals surface area contributed by atoms with E-state index in [0.29, 0.717) is 23.0 Å². The van der Waals surface area contributed by atoms with E-state index in [9.17, 15) is 0 Å². The van der Waals surface area contributed by atoms with Crippen molar-refractivity contribution in [1.29, 1.82) is 0 Å². The quantitative estimate of drug-likeness (QED) is 0.691. The summed E-state index contributed by atoms with van der Waals surface area (Å²) in [7, 11) is 2.02. The van der Waals surface area contributed by atoms with Gasteiger partial charge in [-0.1, -0.05) is 41.5 Å². The van der Waals surface area contributed by atoms with E-state index in [1.54, 1.807) is 0 Å². The van der Waals surface area contributed by atoms with E-state index in [1.165, 1.54) is 0 Å². The molecule has 2 nitrogen and oxygen atoms in total. The molecule has 1 fully saturated rings. The molecule has 0 aromatic carbocycles. The first kappa shape index (κ1) is 15.0. The van der Waals surface area contributed by atoms with Gasteiger partial charge in [-0.2, -0.15) is 0 Å². The molecule has 17 heavy (non-hydrogen) atoms. The third kappa shape index (κ3) is 6.47. The average Bonchev–Trinajstić information content (AvgIpc) is 1.93. The van der Waals surface area contributed by atoms with Crippen molar-refractivity contribution in [3.05, 3.63) is 0 Å². The Morgan fingerprint density at radius 3 is 1.53 bits per heavy atom. The second kappa shape index (κ2) is 5.32. The van der Waals surface area contributed by atoms with Crippen LogP contribution in [0, 0.1) is 10.8 Å². The Bertz CT molecular complexity index is 216. The molecule has 1 aliphatic rings. The lowest BCUT2D eigenvalue weighted by Crippen LogP contribution is -2.41. The summed E-state index contributed by atoms with van der Waals surface area (Å²) in [5, 5.41) is 0. The molecule has 1 saturated heterocycles. The van der Waals surface area contributed by atoms with Gasteiger partial charge in [0.05, 0.1) is 12.2 Å². The van der Waals surface area contributed by atoms with Crippen molar-refractivity contribution >= 4 is 7.85 Å². The van der Waals surface area contributed by atoms with Crippen LogP contribution in [-0.4, -0.2) is 26.2 Å². The van der Waals surface area contributed by atoms with Crippen LogP contribution in [0.25, 0.3) is 0 Å². The maximum Gasteiger partial charge on any atom is 0.174 e. The van der Waals surface area contributed by atoms with E-state index < -0.39 is 0 Å². The van der Waals surface area contributed by atoms with E-state index in [0.717, 1.165) is 19.3 Å². The Morgan fingerprint density at radius 1 is 0.882 bits per heavy atom. The third-order valence-corrected chi connectivity index (χ3v) is 2.97. The van der Waals surface area contributed by atoms with Crippen LogP contribution in [0.1, 0.15) is 60.8 Å². The Kier molecular flexibility index (Phi) is 4.70. The number of ether oxygens (including phenoxy) is 2. The van der Waals surface area contributed by atoms with Crippen molar-refractivity contribution in [2.24, 2.45) is 10.8 Å². The predicted octanol–water partition coefficient (Wildman–Crippen LogP) is 2.95. The monoisotopic (exact) mass is 240 g/mol. The fourth-order valence-corrected chi connectivity index (χ4v) is 2.61. The minimum atomic E-state index is -0.0524. The standard InChI is InChI=1S/C14H29BO2/c1-13(2,3)8-10-7-11(9-14(4,5)6)17-12(15)16-10/h10-12H,7-9,15H2,1-6H3. The van der Waals surface area contributed by atoms with E-state index in [2.05, 4.69) is 41.5 Å². The van der Waals surface area contributed by atoms with Crippen LogP contribution in [0.5, 0.6) is 0 Å². The summed E-state index contributed by atoms with van der Waals surface area (Å²) < 4.78 is 11.8. The Morgan fingerprint density at radius 2 is 1.24 bits per heavy atom. The maximum absolute atomic E-state index is 5.88. The molecule has 2 unspecified atom stereocenters. The predicted molar refractivity (Wildman–Crippen MR) is 74.8 cm³/mol. The Balaban J connectivity index is 2.53. The molecule has 1 rings (SSSR count). The molecule has 0 amide bonds. The van der Waals surface area contributed by atoms with Gasteiger partial charge in [0.1, 0.15) is 6.19 Å². The van der Waals surface area contributed by atoms with Gasteiger partial charge in [-0.3, -0.25) is 0 Å². The van der Waals surface area contributed by atoms with Gasteiger partial charge in [-0.05, 0) is 30.1 Å². The molecule has 0 aliphatic carbocycles. The first-order chi connectivity index (χ1) is 7.55. The molecular formula is C14H29BO2. The van der Waals surface area contributed by atoms with Crippen molar-refractivity contribution < 1.29 is 9.47 Å². The summed E-state index contributed by atoms with van der Waals surface area (Å²) in [6, 6.07) is 0. The molecule has 3 heteroatoms. The summed E-state index contributed by atoms with van der Waals surface area (Å²) >= 11 is 0. The molecule has 0 N–H and O–H groups in total. The number of hydrogen-bond donors (Lipinski definition) is 0. The summed E-state index contributed by atoms with van der Waals surface area (Å²) in [5.41, 5.74) is 0.655. The van der Waals surface area contributed by atoms with Crippen LogP contribution in [0.2, 0.25) is 0 Å². The van der Waals surface area contributed by atoms with Crippen LogP contribution in [0.3, 0.4) is 0 Å². The fourth-order valence-electron chi connectivity index (χ4n) is 2.61. The fraction of sp³-hybridized carbons (Fsp3) is 1.00. The van der Waals surface area contributed by atoms with E-state index in [-0.39, 0.29) is 6.19 Å². The van der Waals surface area contributed by atoms with Crippen LogP contribution >= 0.6 is 0 Å². The maximum atomic E-state index is 5.88. The summed E-state index contributed by atoms with van der Waals surface area (Å²) in [6.07, 6.45) is 3.92. The van der Waals surface area contributed by atoms with E-state index in [1.807, 2.05) is 7.85 Å². The average molecular weight is 240 g/mol. The Labute approximate surface area is 108 Å². The van der Waals surface area contributed by atoms with E-state index in [4.69, 9.17) is 9.47 Å². The molecule has 0 bridgehead atoms. The van der Waals surface area contributed by atoms with Gasteiger partial charge < -0.3 is 9.47 Å². The first-order valence-corrected chi connectivity index (χ1v) is 6.86. The highest BCUT2D eigenvalue weighted by Crippen LogP contribution is 2.33. The Hall–Kier alpha value is -0.0151. The van der Waals surface area contributed by atoms with Crippen LogP contribution < -0.4 is 0 Å². The number of rotatable bonds is 2. The second-order valence-corrected chi connectivity index (χ2v) is 7.85. The molecule has 0 aromatic rings. The first-order valence-electron chi connectivity index (χ1n) is 6.86. The van der Waals surface area contributed by atoms with Crippen molar-refractivity contribution in [3.63, 3.8) is 0 Å². The van der Waals surface area contributed by atoms with Crippen molar-refractivity contribution in [3.8, 4) is 0 Å². The van der Waals surface area contributed by atoms with Crippen LogP contribution in [0.15, 0.2) is 0 Å². The summed E-state index contributed by atoms with van der Waals surface area (Å²) in [6.45, 7) is 13.6.